The molecule has 1 saturated heterocycles. The van der Waals surface area contributed by atoms with Crippen molar-refractivity contribution in [2.24, 2.45) is 0 Å². The highest BCUT2D eigenvalue weighted by molar-refractivity contribution is 6.77. The van der Waals surface area contributed by atoms with Crippen LogP contribution in [0.3, 0.4) is 0 Å². The number of benzene rings is 1. The molecule has 2 rings (SSSR count). The standard InChI is InChI=1S/C17H30O2Si2/c1-20(2,15-16-21(3)14-8-7-12-19-21)18-13-11-17-9-5-4-6-10-17/h4-6,9-10H,7-8,11-16H2,1-3H3. The summed E-state index contributed by atoms with van der Waals surface area (Å²) in [5.41, 5.74) is 1.37. The van der Waals surface area contributed by atoms with Crippen molar-refractivity contribution in [1.82, 2.24) is 0 Å². The molecule has 0 saturated carbocycles. The minimum Gasteiger partial charge on any atom is -0.417 e. The summed E-state index contributed by atoms with van der Waals surface area (Å²) in [6.07, 6.45) is 3.67. The van der Waals surface area contributed by atoms with Gasteiger partial charge in [0.25, 0.3) is 0 Å². The molecule has 1 fully saturated rings. The van der Waals surface area contributed by atoms with Gasteiger partial charge in [0.1, 0.15) is 0 Å². The zero-order chi connectivity index (χ0) is 15.2. The predicted molar refractivity (Wildman–Crippen MR) is 94.8 cm³/mol. The number of hydrogen-bond donors (Lipinski definition) is 0. The molecule has 1 heterocycles. The van der Waals surface area contributed by atoms with Gasteiger partial charge in [-0.3, -0.25) is 0 Å². The Morgan fingerprint density at radius 1 is 1.19 bits per heavy atom. The summed E-state index contributed by atoms with van der Waals surface area (Å²) in [5.74, 6) is 0. The molecule has 0 N–H and O–H groups in total. The van der Waals surface area contributed by atoms with E-state index in [0.717, 1.165) is 19.6 Å². The lowest BCUT2D eigenvalue weighted by molar-refractivity contribution is 0.269. The van der Waals surface area contributed by atoms with Crippen LogP contribution in [-0.4, -0.2) is 29.8 Å². The maximum absolute atomic E-state index is 6.28. The molecule has 0 amide bonds. The second-order valence-electron chi connectivity index (χ2n) is 7.10. The molecule has 2 nitrogen and oxygen atoms in total. The van der Waals surface area contributed by atoms with Gasteiger partial charge in [-0.2, -0.15) is 0 Å². The largest absolute Gasteiger partial charge is 0.417 e. The van der Waals surface area contributed by atoms with E-state index in [-0.39, 0.29) is 0 Å². The van der Waals surface area contributed by atoms with Gasteiger partial charge >= 0.3 is 0 Å². The van der Waals surface area contributed by atoms with Crippen LogP contribution in [0.5, 0.6) is 0 Å². The molecule has 1 aromatic rings. The molecule has 0 aromatic heterocycles. The summed E-state index contributed by atoms with van der Waals surface area (Å²) >= 11 is 0. The lowest BCUT2D eigenvalue weighted by Gasteiger charge is -2.34. The van der Waals surface area contributed by atoms with Crippen molar-refractivity contribution in [2.45, 2.75) is 57.0 Å². The fourth-order valence-corrected chi connectivity index (χ4v) is 10.4. The molecule has 0 spiro atoms. The maximum atomic E-state index is 6.28. The fourth-order valence-electron chi connectivity index (χ4n) is 2.92. The average molecular weight is 323 g/mol. The second-order valence-corrected chi connectivity index (χ2v) is 15.6. The van der Waals surface area contributed by atoms with Crippen molar-refractivity contribution >= 4 is 16.6 Å². The summed E-state index contributed by atoms with van der Waals surface area (Å²) in [7, 11) is -2.93. The second kappa shape index (κ2) is 7.72. The van der Waals surface area contributed by atoms with Gasteiger partial charge in [-0.1, -0.05) is 36.8 Å². The molecule has 1 unspecified atom stereocenters. The molecule has 0 bridgehead atoms. The smallest absolute Gasteiger partial charge is 0.189 e. The van der Waals surface area contributed by atoms with Crippen LogP contribution in [0, 0.1) is 0 Å². The van der Waals surface area contributed by atoms with Crippen molar-refractivity contribution in [3.05, 3.63) is 35.9 Å². The summed E-state index contributed by atoms with van der Waals surface area (Å²) in [6, 6.07) is 14.5. The normalized spacial score (nSPS) is 23.2. The first-order chi connectivity index (χ1) is 9.99. The van der Waals surface area contributed by atoms with Crippen molar-refractivity contribution < 1.29 is 8.85 Å². The monoisotopic (exact) mass is 322 g/mol. The van der Waals surface area contributed by atoms with Crippen molar-refractivity contribution in [3.63, 3.8) is 0 Å². The van der Waals surface area contributed by atoms with E-state index in [2.05, 4.69) is 50.0 Å². The molecule has 1 atom stereocenters. The molecule has 1 aliphatic heterocycles. The van der Waals surface area contributed by atoms with Gasteiger partial charge in [-0.15, -0.1) is 0 Å². The average Bonchev–Trinajstić information content (AvgIpc) is 2.47. The van der Waals surface area contributed by atoms with Crippen molar-refractivity contribution in [1.29, 1.82) is 0 Å². The van der Waals surface area contributed by atoms with Crippen LogP contribution in [0.4, 0.5) is 0 Å². The quantitative estimate of drug-likeness (QED) is 0.669. The van der Waals surface area contributed by atoms with Crippen LogP contribution in [0.15, 0.2) is 30.3 Å². The molecule has 1 aromatic carbocycles. The summed E-state index contributed by atoms with van der Waals surface area (Å²) < 4.78 is 12.4. The summed E-state index contributed by atoms with van der Waals surface area (Å²) in [6.45, 7) is 9.00. The van der Waals surface area contributed by atoms with E-state index in [0.29, 0.717) is 0 Å². The Morgan fingerprint density at radius 2 is 1.95 bits per heavy atom. The predicted octanol–water partition coefficient (Wildman–Crippen LogP) is 4.84. The highest BCUT2D eigenvalue weighted by atomic mass is 28.4. The van der Waals surface area contributed by atoms with E-state index in [9.17, 15) is 0 Å². The molecule has 21 heavy (non-hydrogen) atoms. The third-order valence-electron chi connectivity index (χ3n) is 4.53. The first-order valence-corrected chi connectivity index (χ1v) is 14.2. The lowest BCUT2D eigenvalue weighted by Crippen LogP contribution is -2.41. The van der Waals surface area contributed by atoms with Crippen LogP contribution >= 0.6 is 0 Å². The maximum Gasteiger partial charge on any atom is 0.189 e. The minimum atomic E-state index is -1.53. The molecule has 0 radical (unpaired) electrons. The van der Waals surface area contributed by atoms with Crippen molar-refractivity contribution in [2.75, 3.05) is 13.2 Å². The zero-order valence-corrected chi connectivity index (χ0v) is 15.9. The highest BCUT2D eigenvalue weighted by Crippen LogP contribution is 2.29. The Hall–Kier alpha value is -0.426. The van der Waals surface area contributed by atoms with Gasteiger partial charge in [0, 0.05) is 13.2 Å². The zero-order valence-electron chi connectivity index (χ0n) is 13.9. The summed E-state index contributed by atoms with van der Waals surface area (Å²) in [5, 5.41) is 0. The first kappa shape index (κ1) is 16.9. The van der Waals surface area contributed by atoms with Crippen LogP contribution in [-0.2, 0) is 15.3 Å². The third kappa shape index (κ3) is 6.06. The molecular formula is C17H30O2Si2. The van der Waals surface area contributed by atoms with Gasteiger partial charge < -0.3 is 8.85 Å². The molecule has 1 aliphatic rings. The van der Waals surface area contributed by atoms with Crippen LogP contribution < -0.4 is 0 Å². The minimum absolute atomic E-state index is 0.863. The molecule has 118 valence electrons. The van der Waals surface area contributed by atoms with Gasteiger partial charge in [0.15, 0.2) is 16.6 Å². The van der Waals surface area contributed by atoms with E-state index < -0.39 is 16.6 Å². The Morgan fingerprint density at radius 3 is 2.62 bits per heavy atom. The topological polar surface area (TPSA) is 18.5 Å². The molecular weight excluding hydrogens is 292 g/mol. The Kier molecular flexibility index (Phi) is 6.23. The van der Waals surface area contributed by atoms with E-state index in [1.54, 1.807) is 0 Å². The Bertz CT molecular complexity index is 414. The Labute approximate surface area is 132 Å². The third-order valence-corrected chi connectivity index (χ3v) is 11.1. The van der Waals surface area contributed by atoms with E-state index in [1.807, 2.05) is 0 Å². The fraction of sp³-hybridized carbons (Fsp3) is 0.647. The van der Waals surface area contributed by atoms with Crippen LogP contribution in [0.25, 0.3) is 0 Å². The van der Waals surface area contributed by atoms with E-state index in [4.69, 9.17) is 8.85 Å². The Balaban J connectivity index is 1.71. The van der Waals surface area contributed by atoms with Crippen molar-refractivity contribution in [3.8, 4) is 0 Å². The first-order valence-electron chi connectivity index (χ1n) is 8.31. The van der Waals surface area contributed by atoms with Crippen LogP contribution in [0.2, 0.25) is 37.8 Å². The van der Waals surface area contributed by atoms with Crippen LogP contribution in [0.1, 0.15) is 18.4 Å². The molecule has 0 aliphatic carbocycles. The number of rotatable bonds is 7. The summed E-state index contributed by atoms with van der Waals surface area (Å²) in [4.78, 5) is 0. The van der Waals surface area contributed by atoms with Gasteiger partial charge in [-0.05, 0) is 56.2 Å². The van der Waals surface area contributed by atoms with E-state index >= 15 is 0 Å². The lowest BCUT2D eigenvalue weighted by atomic mass is 10.2. The SMILES string of the molecule is C[Si](C)(CC[Si]1(C)CCCCO1)OCCc1ccccc1. The number of hydrogen-bond acceptors (Lipinski definition) is 2. The van der Waals surface area contributed by atoms with Gasteiger partial charge in [-0.25, -0.2) is 0 Å². The molecule has 4 heteroatoms. The highest BCUT2D eigenvalue weighted by Gasteiger charge is 2.34. The van der Waals surface area contributed by atoms with Gasteiger partial charge in [0.2, 0.25) is 0 Å². The van der Waals surface area contributed by atoms with Gasteiger partial charge in [0.05, 0.1) is 0 Å². The van der Waals surface area contributed by atoms with E-state index in [1.165, 1.54) is 36.5 Å².